The lowest BCUT2D eigenvalue weighted by Gasteiger charge is -2.29. The number of rotatable bonds is 7. The lowest BCUT2D eigenvalue weighted by molar-refractivity contribution is -0.178. The van der Waals surface area contributed by atoms with Crippen molar-refractivity contribution < 1.29 is 19.1 Å². The van der Waals surface area contributed by atoms with Gasteiger partial charge in [0.1, 0.15) is 5.60 Å². The van der Waals surface area contributed by atoms with Gasteiger partial charge in [-0.2, -0.15) is 0 Å². The van der Waals surface area contributed by atoms with Gasteiger partial charge < -0.3 is 9.47 Å². The Bertz CT molecular complexity index is 583. The topological polar surface area (TPSA) is 52.6 Å². The second-order valence-corrected chi connectivity index (χ2v) is 7.78. The lowest BCUT2D eigenvalue weighted by Crippen LogP contribution is -2.44. The van der Waals surface area contributed by atoms with E-state index in [9.17, 15) is 9.59 Å². The normalized spacial score (nSPS) is 15.2. The molecule has 0 spiro atoms. The summed E-state index contributed by atoms with van der Waals surface area (Å²) in [6, 6.07) is 8.07. The maximum atomic E-state index is 12.7. The Kier molecular flexibility index (Phi) is 7.21. The largest absolute Gasteiger partial charge is 0.465 e. The van der Waals surface area contributed by atoms with Gasteiger partial charge in [-0.3, -0.25) is 9.59 Å². The fourth-order valence-corrected chi connectivity index (χ4v) is 2.52. The molecule has 25 heavy (non-hydrogen) atoms. The SMILES string of the molecule is CCOC(=O)C(C)(Cc1ccc(C(C)CC)cc1)C(=O)OC(C)(C)C. The van der Waals surface area contributed by atoms with E-state index in [0.717, 1.165) is 12.0 Å². The highest BCUT2D eigenvalue weighted by Crippen LogP contribution is 2.29. The van der Waals surface area contributed by atoms with E-state index in [1.54, 1.807) is 34.6 Å². The number of esters is 2. The third-order valence-electron chi connectivity index (χ3n) is 4.29. The summed E-state index contributed by atoms with van der Waals surface area (Å²) in [5.74, 6) is -0.615. The van der Waals surface area contributed by atoms with Gasteiger partial charge in [-0.25, -0.2) is 0 Å². The van der Waals surface area contributed by atoms with E-state index in [2.05, 4.69) is 26.0 Å². The van der Waals surface area contributed by atoms with Crippen LogP contribution in [0.5, 0.6) is 0 Å². The summed E-state index contributed by atoms with van der Waals surface area (Å²) in [6.45, 7) is 13.3. The summed E-state index contributed by atoms with van der Waals surface area (Å²) < 4.78 is 10.6. The van der Waals surface area contributed by atoms with Crippen LogP contribution in [0.15, 0.2) is 24.3 Å². The summed E-state index contributed by atoms with van der Waals surface area (Å²) in [5, 5.41) is 0. The molecule has 0 fully saturated rings. The van der Waals surface area contributed by atoms with E-state index in [1.807, 2.05) is 12.1 Å². The molecule has 1 rings (SSSR count). The van der Waals surface area contributed by atoms with Gasteiger partial charge in [0.05, 0.1) is 6.61 Å². The Morgan fingerprint density at radius 3 is 2.00 bits per heavy atom. The summed E-state index contributed by atoms with van der Waals surface area (Å²) in [5.41, 5.74) is 0.140. The zero-order valence-electron chi connectivity index (χ0n) is 16.6. The van der Waals surface area contributed by atoms with Crippen molar-refractivity contribution >= 4 is 11.9 Å². The van der Waals surface area contributed by atoms with Crippen LogP contribution in [-0.2, 0) is 25.5 Å². The van der Waals surface area contributed by atoms with Crippen LogP contribution in [0, 0.1) is 5.41 Å². The van der Waals surface area contributed by atoms with Gasteiger partial charge in [-0.1, -0.05) is 38.1 Å². The summed E-state index contributed by atoms with van der Waals surface area (Å²) >= 11 is 0. The standard InChI is InChI=1S/C21H32O4/c1-8-15(3)17-12-10-16(11-13-17)14-21(7,18(22)24-9-2)19(23)25-20(4,5)6/h10-13,15H,8-9,14H2,1-7H3. The Morgan fingerprint density at radius 2 is 1.56 bits per heavy atom. The fourth-order valence-electron chi connectivity index (χ4n) is 2.52. The van der Waals surface area contributed by atoms with Crippen LogP contribution >= 0.6 is 0 Å². The van der Waals surface area contributed by atoms with Crippen LogP contribution < -0.4 is 0 Å². The maximum Gasteiger partial charge on any atom is 0.324 e. The van der Waals surface area contributed by atoms with Gasteiger partial charge in [0.2, 0.25) is 0 Å². The van der Waals surface area contributed by atoms with Crippen LogP contribution in [-0.4, -0.2) is 24.1 Å². The second-order valence-electron chi connectivity index (χ2n) is 7.78. The number of carbonyl (C=O) groups is 2. The molecule has 0 aliphatic heterocycles. The van der Waals surface area contributed by atoms with Gasteiger partial charge in [0.15, 0.2) is 5.41 Å². The van der Waals surface area contributed by atoms with Crippen molar-refractivity contribution in [2.45, 2.75) is 72.8 Å². The number of ether oxygens (including phenoxy) is 2. The average molecular weight is 348 g/mol. The first-order valence-corrected chi connectivity index (χ1v) is 9.03. The van der Waals surface area contributed by atoms with E-state index >= 15 is 0 Å². The number of carbonyl (C=O) groups excluding carboxylic acids is 2. The lowest BCUT2D eigenvalue weighted by atomic mass is 9.82. The zero-order valence-corrected chi connectivity index (χ0v) is 16.6. The van der Waals surface area contributed by atoms with E-state index in [1.165, 1.54) is 5.56 Å². The highest BCUT2D eigenvalue weighted by molar-refractivity contribution is 6.00. The van der Waals surface area contributed by atoms with Gasteiger partial charge in [0.25, 0.3) is 0 Å². The molecule has 1 aromatic carbocycles. The highest BCUT2D eigenvalue weighted by Gasteiger charge is 2.45. The second kappa shape index (κ2) is 8.50. The van der Waals surface area contributed by atoms with Crippen molar-refractivity contribution in [1.82, 2.24) is 0 Å². The number of benzene rings is 1. The van der Waals surface area contributed by atoms with E-state index < -0.39 is 23.0 Å². The maximum absolute atomic E-state index is 12.7. The first-order chi connectivity index (χ1) is 11.5. The first-order valence-electron chi connectivity index (χ1n) is 9.03. The molecule has 0 saturated carbocycles. The van der Waals surface area contributed by atoms with Crippen molar-refractivity contribution in [1.29, 1.82) is 0 Å². The monoisotopic (exact) mass is 348 g/mol. The molecule has 0 aliphatic carbocycles. The van der Waals surface area contributed by atoms with Crippen molar-refractivity contribution in [3.8, 4) is 0 Å². The van der Waals surface area contributed by atoms with Crippen LogP contribution in [0.1, 0.15) is 71.9 Å². The molecule has 0 bridgehead atoms. The molecule has 4 nitrogen and oxygen atoms in total. The minimum absolute atomic E-state index is 0.226. The molecule has 0 aliphatic rings. The third-order valence-corrected chi connectivity index (χ3v) is 4.29. The van der Waals surface area contributed by atoms with Gasteiger partial charge in [-0.15, -0.1) is 0 Å². The van der Waals surface area contributed by atoms with Crippen LogP contribution in [0.2, 0.25) is 0 Å². The Morgan fingerprint density at radius 1 is 1.00 bits per heavy atom. The smallest absolute Gasteiger partial charge is 0.324 e. The van der Waals surface area contributed by atoms with E-state index in [-0.39, 0.29) is 13.0 Å². The van der Waals surface area contributed by atoms with Crippen LogP contribution in [0.25, 0.3) is 0 Å². The molecule has 0 N–H and O–H groups in total. The molecular formula is C21H32O4. The first kappa shape index (κ1) is 21.2. The van der Waals surface area contributed by atoms with Crippen molar-refractivity contribution in [3.05, 3.63) is 35.4 Å². The summed E-state index contributed by atoms with van der Waals surface area (Å²) in [6.07, 6.45) is 1.32. The van der Waals surface area contributed by atoms with E-state index in [4.69, 9.17) is 9.47 Å². The Labute approximate surface area is 151 Å². The minimum Gasteiger partial charge on any atom is -0.465 e. The van der Waals surface area contributed by atoms with Crippen molar-refractivity contribution in [2.24, 2.45) is 5.41 Å². The average Bonchev–Trinajstić information content (AvgIpc) is 2.53. The third kappa shape index (κ3) is 5.87. The van der Waals surface area contributed by atoms with Crippen LogP contribution in [0.4, 0.5) is 0 Å². The van der Waals surface area contributed by atoms with E-state index in [0.29, 0.717) is 5.92 Å². The van der Waals surface area contributed by atoms with Gasteiger partial charge in [0, 0.05) is 0 Å². The molecule has 1 aromatic rings. The summed E-state index contributed by atoms with van der Waals surface area (Å²) in [4.78, 5) is 25.2. The van der Waals surface area contributed by atoms with Gasteiger partial charge in [-0.05, 0) is 64.5 Å². The molecule has 0 saturated heterocycles. The zero-order chi connectivity index (χ0) is 19.3. The Balaban J connectivity index is 3.08. The molecule has 0 heterocycles. The molecular weight excluding hydrogens is 316 g/mol. The summed E-state index contributed by atoms with van der Waals surface area (Å²) in [7, 11) is 0. The predicted molar refractivity (Wildman–Crippen MR) is 99.4 cm³/mol. The van der Waals surface area contributed by atoms with Crippen LogP contribution in [0.3, 0.4) is 0 Å². The molecule has 0 radical (unpaired) electrons. The van der Waals surface area contributed by atoms with Gasteiger partial charge >= 0.3 is 11.9 Å². The minimum atomic E-state index is -1.36. The molecule has 4 heteroatoms. The highest BCUT2D eigenvalue weighted by atomic mass is 16.6. The van der Waals surface area contributed by atoms with Crippen molar-refractivity contribution in [3.63, 3.8) is 0 Å². The predicted octanol–water partition coefficient (Wildman–Crippen LogP) is 4.65. The van der Waals surface area contributed by atoms with Crippen molar-refractivity contribution in [2.75, 3.05) is 6.61 Å². The Hall–Kier alpha value is -1.84. The fraction of sp³-hybridized carbons (Fsp3) is 0.619. The number of hydrogen-bond acceptors (Lipinski definition) is 4. The molecule has 2 unspecified atom stereocenters. The quantitative estimate of drug-likeness (QED) is 0.531. The number of hydrogen-bond donors (Lipinski definition) is 0. The molecule has 0 amide bonds. The molecule has 2 atom stereocenters. The molecule has 140 valence electrons. The molecule has 0 aromatic heterocycles.